The Hall–Kier alpha value is -0.630. The molecule has 0 atom stereocenters. The Bertz CT molecular complexity index is 438. The first kappa shape index (κ1) is 16.4. The van der Waals surface area contributed by atoms with Gasteiger partial charge in [0.1, 0.15) is 4.90 Å². The van der Waals surface area contributed by atoms with E-state index in [9.17, 15) is 8.42 Å². The Morgan fingerprint density at radius 2 is 2.00 bits per heavy atom. The summed E-state index contributed by atoms with van der Waals surface area (Å²) < 4.78 is 25.7. The molecule has 0 aliphatic carbocycles. The lowest BCUT2D eigenvalue weighted by Gasteiger charge is -2.16. The molecule has 0 aromatic carbocycles. The second kappa shape index (κ2) is 6.34. The molecule has 0 aliphatic rings. The summed E-state index contributed by atoms with van der Waals surface area (Å²) in [7, 11) is -0.0751. The molecule has 0 aliphatic heterocycles. The van der Waals surface area contributed by atoms with E-state index in [2.05, 4.69) is 15.5 Å². The zero-order chi connectivity index (χ0) is 12.3. The number of rotatable bonds is 5. The number of aromatic nitrogens is 2. The minimum absolute atomic E-state index is 0. The highest BCUT2D eigenvalue weighted by molar-refractivity contribution is 7.89. The number of H-pyrrole nitrogens is 1. The maximum atomic E-state index is 12.2. The quantitative estimate of drug-likeness (QED) is 0.814. The third kappa shape index (κ3) is 3.41. The van der Waals surface area contributed by atoms with Crippen molar-refractivity contribution in [3.8, 4) is 0 Å². The lowest BCUT2D eigenvalue weighted by atomic mass is 10.4. The summed E-state index contributed by atoms with van der Waals surface area (Å²) in [5.41, 5.74) is 1.09. The summed E-state index contributed by atoms with van der Waals surface area (Å²) in [4.78, 5) is 0.283. The van der Waals surface area contributed by atoms with Crippen LogP contribution in [-0.4, -0.2) is 50.1 Å². The van der Waals surface area contributed by atoms with Gasteiger partial charge >= 0.3 is 0 Å². The van der Waals surface area contributed by atoms with Gasteiger partial charge in [-0.1, -0.05) is 0 Å². The third-order valence-electron chi connectivity index (χ3n) is 2.41. The largest absolute Gasteiger partial charge is 0.318 e. The molecular formula is C9H19ClN4O2S. The summed E-state index contributed by atoms with van der Waals surface area (Å²) in [6.45, 7) is 4.44. The van der Waals surface area contributed by atoms with Crippen molar-refractivity contribution in [1.82, 2.24) is 19.8 Å². The van der Waals surface area contributed by atoms with Crippen molar-refractivity contribution in [2.45, 2.75) is 18.7 Å². The van der Waals surface area contributed by atoms with Crippen LogP contribution in [0.25, 0.3) is 0 Å². The number of aryl methyl sites for hydroxylation is 2. The van der Waals surface area contributed by atoms with Gasteiger partial charge in [-0.2, -0.15) is 9.40 Å². The van der Waals surface area contributed by atoms with Crippen LogP contribution in [0.2, 0.25) is 0 Å². The zero-order valence-electron chi connectivity index (χ0n) is 10.4. The fraction of sp³-hybridized carbons (Fsp3) is 0.667. The molecule has 1 heterocycles. The fourth-order valence-corrected chi connectivity index (χ4v) is 2.96. The Kier molecular flexibility index (Phi) is 6.11. The van der Waals surface area contributed by atoms with Crippen molar-refractivity contribution in [3.63, 3.8) is 0 Å². The van der Waals surface area contributed by atoms with Crippen LogP contribution in [0.5, 0.6) is 0 Å². The van der Waals surface area contributed by atoms with Crippen LogP contribution in [-0.2, 0) is 10.0 Å². The van der Waals surface area contributed by atoms with Crippen molar-refractivity contribution >= 4 is 22.4 Å². The first-order chi connectivity index (χ1) is 7.41. The number of likely N-dealkylation sites (N-methyl/N-ethyl adjacent to an activating group) is 2. The number of hydrogen-bond donors (Lipinski definition) is 2. The number of halogens is 1. The van der Waals surface area contributed by atoms with E-state index in [0.29, 0.717) is 24.5 Å². The molecule has 0 saturated heterocycles. The second-order valence-electron chi connectivity index (χ2n) is 3.69. The lowest BCUT2D eigenvalue weighted by Crippen LogP contribution is -2.33. The number of sulfonamides is 1. The van der Waals surface area contributed by atoms with Gasteiger partial charge in [-0.25, -0.2) is 8.42 Å². The van der Waals surface area contributed by atoms with Crippen LogP contribution in [0.15, 0.2) is 4.90 Å². The van der Waals surface area contributed by atoms with Gasteiger partial charge < -0.3 is 5.32 Å². The van der Waals surface area contributed by atoms with E-state index >= 15 is 0 Å². The minimum atomic E-state index is -3.43. The summed E-state index contributed by atoms with van der Waals surface area (Å²) in [5.74, 6) is 0. The van der Waals surface area contributed by atoms with Gasteiger partial charge in [0.15, 0.2) is 0 Å². The standard InChI is InChI=1S/C9H18N4O2S.ClH/c1-7-9(8(2)12-11-7)16(14,15)13(4)6-5-10-3;/h10H,5-6H2,1-4H3,(H,11,12);1H. The van der Waals surface area contributed by atoms with E-state index in [-0.39, 0.29) is 17.3 Å². The normalized spacial score (nSPS) is 11.6. The van der Waals surface area contributed by atoms with Gasteiger partial charge in [-0.05, 0) is 20.9 Å². The van der Waals surface area contributed by atoms with Crippen LogP contribution >= 0.6 is 12.4 Å². The van der Waals surface area contributed by atoms with Crippen molar-refractivity contribution in [2.24, 2.45) is 0 Å². The van der Waals surface area contributed by atoms with Crippen LogP contribution in [0.4, 0.5) is 0 Å². The Morgan fingerprint density at radius 3 is 2.41 bits per heavy atom. The Balaban J connectivity index is 0.00000256. The van der Waals surface area contributed by atoms with Gasteiger partial charge in [0, 0.05) is 20.1 Å². The second-order valence-corrected chi connectivity index (χ2v) is 5.67. The van der Waals surface area contributed by atoms with Crippen LogP contribution < -0.4 is 5.32 Å². The van der Waals surface area contributed by atoms with Crippen molar-refractivity contribution < 1.29 is 8.42 Å². The SMILES string of the molecule is CNCCN(C)S(=O)(=O)c1c(C)n[nH]c1C.Cl. The molecule has 0 fully saturated rings. The maximum Gasteiger partial charge on any atom is 0.246 e. The molecule has 1 aromatic rings. The zero-order valence-corrected chi connectivity index (χ0v) is 12.1. The topological polar surface area (TPSA) is 78.1 Å². The minimum Gasteiger partial charge on any atom is -0.318 e. The molecule has 0 unspecified atom stereocenters. The molecule has 0 radical (unpaired) electrons. The number of nitrogens with zero attached hydrogens (tertiary/aromatic N) is 2. The molecule has 6 nitrogen and oxygen atoms in total. The maximum absolute atomic E-state index is 12.2. The summed E-state index contributed by atoms with van der Waals surface area (Å²) >= 11 is 0. The van der Waals surface area contributed by atoms with E-state index in [1.165, 1.54) is 4.31 Å². The molecule has 0 bridgehead atoms. The molecule has 1 rings (SSSR count). The molecular weight excluding hydrogens is 264 g/mol. The smallest absolute Gasteiger partial charge is 0.246 e. The molecule has 100 valence electrons. The molecule has 17 heavy (non-hydrogen) atoms. The van der Waals surface area contributed by atoms with Gasteiger partial charge in [-0.3, -0.25) is 5.10 Å². The highest BCUT2D eigenvalue weighted by Crippen LogP contribution is 2.19. The van der Waals surface area contributed by atoms with E-state index in [1.807, 2.05) is 0 Å². The van der Waals surface area contributed by atoms with Crippen LogP contribution in [0.1, 0.15) is 11.4 Å². The van der Waals surface area contributed by atoms with Gasteiger partial charge in [0.2, 0.25) is 10.0 Å². The first-order valence-corrected chi connectivity index (χ1v) is 6.47. The predicted octanol–water partition coefficient (Wildman–Crippen LogP) is 0.288. The molecule has 1 aromatic heterocycles. The van der Waals surface area contributed by atoms with Gasteiger partial charge in [-0.15, -0.1) is 12.4 Å². The molecule has 2 N–H and O–H groups in total. The molecule has 0 spiro atoms. The molecule has 0 amide bonds. The van der Waals surface area contributed by atoms with Crippen molar-refractivity contribution in [3.05, 3.63) is 11.4 Å². The monoisotopic (exact) mass is 282 g/mol. The third-order valence-corrected chi connectivity index (χ3v) is 4.53. The fourth-order valence-electron chi connectivity index (χ4n) is 1.47. The number of hydrogen-bond acceptors (Lipinski definition) is 4. The number of aromatic amines is 1. The predicted molar refractivity (Wildman–Crippen MR) is 69.1 cm³/mol. The molecule has 8 heteroatoms. The van der Waals surface area contributed by atoms with E-state index in [4.69, 9.17) is 0 Å². The Labute approximate surface area is 108 Å². The van der Waals surface area contributed by atoms with Crippen molar-refractivity contribution in [1.29, 1.82) is 0 Å². The first-order valence-electron chi connectivity index (χ1n) is 5.03. The van der Waals surface area contributed by atoms with Gasteiger partial charge in [0.05, 0.1) is 11.4 Å². The summed E-state index contributed by atoms with van der Waals surface area (Å²) in [6.07, 6.45) is 0. The lowest BCUT2D eigenvalue weighted by molar-refractivity contribution is 0.465. The van der Waals surface area contributed by atoms with Gasteiger partial charge in [0.25, 0.3) is 0 Å². The van der Waals surface area contributed by atoms with Crippen LogP contribution in [0, 0.1) is 13.8 Å². The van der Waals surface area contributed by atoms with E-state index in [1.54, 1.807) is 27.9 Å². The van der Waals surface area contributed by atoms with E-state index < -0.39 is 10.0 Å². The summed E-state index contributed by atoms with van der Waals surface area (Å²) in [6, 6.07) is 0. The number of nitrogens with one attached hydrogen (secondary N) is 2. The average molecular weight is 283 g/mol. The molecule has 0 saturated carbocycles. The summed E-state index contributed by atoms with van der Waals surface area (Å²) in [5, 5.41) is 9.50. The highest BCUT2D eigenvalue weighted by Gasteiger charge is 2.26. The average Bonchev–Trinajstić information content (AvgIpc) is 2.55. The van der Waals surface area contributed by atoms with E-state index in [0.717, 1.165) is 0 Å². The Morgan fingerprint density at radius 1 is 1.41 bits per heavy atom. The highest BCUT2D eigenvalue weighted by atomic mass is 35.5. The van der Waals surface area contributed by atoms with Crippen LogP contribution in [0.3, 0.4) is 0 Å². The van der Waals surface area contributed by atoms with Crippen molar-refractivity contribution in [2.75, 3.05) is 27.2 Å².